The van der Waals surface area contributed by atoms with Crippen LogP contribution in [0, 0.1) is 35.0 Å². The monoisotopic (exact) mass is 403 g/mol. The number of carbonyl (C=O) groups excluding carboxylic acids is 2. The van der Waals surface area contributed by atoms with Gasteiger partial charge in [0.15, 0.2) is 0 Å². The van der Waals surface area contributed by atoms with E-state index in [0.29, 0.717) is 30.0 Å². The standard InChI is InChI=1S/C25H41NO3/c1-7-22(28)29-17(4)23-15(2)14-20-18-10-13-26-16(3)21(27)9-12-25(26,6)19(18)8-11-24(20,23)5/h15-20,23H,7-14H2,1-6H3/t15?,16?,17?,18-,19+,20+,23-,24+,25-/m1/s1. The fourth-order valence-corrected chi connectivity index (χ4v) is 8.71. The molecule has 2 aliphatic heterocycles. The number of fused-ring (bicyclic) bond motifs is 5. The van der Waals surface area contributed by atoms with Crippen LogP contribution in [0.5, 0.6) is 0 Å². The Morgan fingerprint density at radius 2 is 1.93 bits per heavy atom. The SMILES string of the molecule is CCC(=O)OC(C)[C@H]1C(C)C[C@H]2[C@@H]3CCN4C(C)C(=O)CC[C@]4(C)[C@H]3CC[C@]12C. The molecule has 2 saturated heterocycles. The van der Waals surface area contributed by atoms with Crippen LogP contribution in [0.15, 0.2) is 0 Å². The second kappa shape index (κ2) is 7.35. The molecule has 4 nitrogen and oxygen atoms in total. The fourth-order valence-electron chi connectivity index (χ4n) is 8.71. The van der Waals surface area contributed by atoms with Crippen molar-refractivity contribution in [2.45, 2.75) is 104 Å². The maximum absolute atomic E-state index is 12.4. The Morgan fingerprint density at radius 3 is 2.62 bits per heavy atom. The van der Waals surface area contributed by atoms with E-state index in [1.54, 1.807) is 0 Å². The van der Waals surface area contributed by atoms with Gasteiger partial charge in [0.25, 0.3) is 0 Å². The lowest BCUT2D eigenvalue weighted by Crippen LogP contribution is -2.67. The van der Waals surface area contributed by atoms with Crippen molar-refractivity contribution < 1.29 is 14.3 Å². The zero-order valence-electron chi connectivity index (χ0n) is 19.4. The zero-order valence-corrected chi connectivity index (χ0v) is 19.4. The molecule has 2 saturated carbocycles. The van der Waals surface area contributed by atoms with E-state index in [0.717, 1.165) is 31.2 Å². The van der Waals surface area contributed by atoms with E-state index in [4.69, 9.17) is 4.74 Å². The van der Waals surface area contributed by atoms with Crippen LogP contribution in [-0.4, -0.2) is 40.9 Å². The van der Waals surface area contributed by atoms with Gasteiger partial charge in [-0.15, -0.1) is 0 Å². The number of piperidine rings is 2. The highest BCUT2D eigenvalue weighted by Gasteiger charge is 2.63. The number of carbonyl (C=O) groups is 2. The minimum atomic E-state index is -0.0629. The summed E-state index contributed by atoms with van der Waals surface area (Å²) in [6.07, 6.45) is 7.22. The van der Waals surface area contributed by atoms with Crippen molar-refractivity contribution in [3.8, 4) is 0 Å². The van der Waals surface area contributed by atoms with Crippen LogP contribution in [0.2, 0.25) is 0 Å². The average Bonchev–Trinajstić information content (AvgIpc) is 2.95. The second-order valence-corrected chi connectivity index (χ2v) is 11.2. The van der Waals surface area contributed by atoms with E-state index in [1.165, 1.54) is 25.7 Å². The normalized spacial score (nSPS) is 48.4. The smallest absolute Gasteiger partial charge is 0.305 e. The van der Waals surface area contributed by atoms with Gasteiger partial charge in [0.05, 0.1) is 6.04 Å². The van der Waals surface area contributed by atoms with Crippen LogP contribution in [0.25, 0.3) is 0 Å². The van der Waals surface area contributed by atoms with Crippen molar-refractivity contribution in [2.24, 2.45) is 35.0 Å². The maximum atomic E-state index is 12.4. The number of hydrogen-bond acceptors (Lipinski definition) is 4. The summed E-state index contributed by atoms with van der Waals surface area (Å²) < 4.78 is 5.85. The molecule has 4 aliphatic rings. The van der Waals surface area contributed by atoms with Gasteiger partial charge in [0, 0.05) is 24.3 Å². The van der Waals surface area contributed by atoms with E-state index in [9.17, 15) is 9.59 Å². The molecule has 2 aliphatic carbocycles. The van der Waals surface area contributed by atoms with E-state index in [1.807, 2.05) is 6.92 Å². The van der Waals surface area contributed by atoms with Crippen LogP contribution in [-0.2, 0) is 14.3 Å². The third kappa shape index (κ3) is 3.11. The topological polar surface area (TPSA) is 46.6 Å². The van der Waals surface area contributed by atoms with E-state index < -0.39 is 0 Å². The molecule has 0 amide bonds. The number of hydrogen-bond donors (Lipinski definition) is 0. The lowest BCUT2D eigenvalue weighted by Gasteiger charge is -2.62. The van der Waals surface area contributed by atoms with Gasteiger partial charge in [-0.2, -0.15) is 0 Å². The molecule has 4 rings (SSSR count). The molecular formula is C25H41NO3. The molecule has 164 valence electrons. The first-order valence-electron chi connectivity index (χ1n) is 12.1. The molecule has 3 unspecified atom stereocenters. The van der Waals surface area contributed by atoms with Gasteiger partial charge >= 0.3 is 5.97 Å². The first-order valence-corrected chi connectivity index (χ1v) is 12.1. The number of esters is 1. The molecule has 0 aromatic heterocycles. The summed E-state index contributed by atoms with van der Waals surface area (Å²) in [7, 11) is 0. The minimum Gasteiger partial charge on any atom is -0.462 e. The summed E-state index contributed by atoms with van der Waals surface area (Å²) in [5.41, 5.74) is 0.446. The highest BCUT2D eigenvalue weighted by molar-refractivity contribution is 5.84. The van der Waals surface area contributed by atoms with Gasteiger partial charge in [-0.3, -0.25) is 14.5 Å². The number of nitrogens with zero attached hydrogens (tertiary/aromatic N) is 1. The minimum absolute atomic E-state index is 0.00648. The van der Waals surface area contributed by atoms with Gasteiger partial charge in [0.2, 0.25) is 0 Å². The molecule has 2 heterocycles. The molecule has 0 aromatic carbocycles. The first kappa shape index (κ1) is 21.3. The van der Waals surface area contributed by atoms with Crippen molar-refractivity contribution >= 4 is 11.8 Å². The molecule has 4 heteroatoms. The van der Waals surface area contributed by atoms with E-state index in [2.05, 4.69) is 39.5 Å². The van der Waals surface area contributed by atoms with Crippen molar-refractivity contribution in [2.75, 3.05) is 6.54 Å². The summed E-state index contributed by atoms with van der Waals surface area (Å²) >= 11 is 0. The summed E-state index contributed by atoms with van der Waals surface area (Å²) in [6, 6.07) is 0.0896. The zero-order chi connectivity index (χ0) is 21.1. The number of rotatable bonds is 3. The van der Waals surface area contributed by atoms with Crippen LogP contribution in [0.1, 0.15) is 86.5 Å². The molecule has 4 fully saturated rings. The summed E-state index contributed by atoms with van der Waals surface area (Å²) in [6.45, 7) is 14.6. The number of ether oxygens (including phenoxy) is 1. The van der Waals surface area contributed by atoms with Crippen molar-refractivity contribution in [1.82, 2.24) is 4.90 Å². The van der Waals surface area contributed by atoms with Crippen molar-refractivity contribution in [3.63, 3.8) is 0 Å². The molecule has 0 bridgehead atoms. The maximum Gasteiger partial charge on any atom is 0.305 e. The molecule has 0 radical (unpaired) electrons. The van der Waals surface area contributed by atoms with Crippen LogP contribution >= 0.6 is 0 Å². The Kier molecular flexibility index (Phi) is 5.41. The van der Waals surface area contributed by atoms with Gasteiger partial charge in [0.1, 0.15) is 11.9 Å². The molecule has 9 atom stereocenters. The van der Waals surface area contributed by atoms with Gasteiger partial charge in [-0.05, 0) is 88.5 Å². The van der Waals surface area contributed by atoms with Crippen molar-refractivity contribution in [3.05, 3.63) is 0 Å². The average molecular weight is 404 g/mol. The Morgan fingerprint density at radius 1 is 1.21 bits per heavy atom. The van der Waals surface area contributed by atoms with Crippen molar-refractivity contribution in [1.29, 1.82) is 0 Å². The third-order valence-corrected chi connectivity index (χ3v) is 9.96. The Hall–Kier alpha value is -0.900. The van der Waals surface area contributed by atoms with E-state index >= 15 is 0 Å². The third-order valence-electron chi connectivity index (χ3n) is 9.96. The highest BCUT2D eigenvalue weighted by atomic mass is 16.5. The number of Topliss-reactive ketones (excluding diaryl/α,β-unsaturated/α-hetero) is 1. The molecule has 0 aromatic rings. The lowest BCUT2D eigenvalue weighted by atomic mass is 9.51. The molecule has 0 N–H and O–H groups in total. The summed E-state index contributed by atoms with van der Waals surface area (Å²) in [4.78, 5) is 26.9. The number of ketones is 1. The quantitative estimate of drug-likeness (QED) is 0.632. The summed E-state index contributed by atoms with van der Waals surface area (Å²) in [5, 5.41) is 0. The van der Waals surface area contributed by atoms with Crippen LogP contribution in [0.3, 0.4) is 0 Å². The van der Waals surface area contributed by atoms with Gasteiger partial charge < -0.3 is 4.74 Å². The predicted molar refractivity (Wildman–Crippen MR) is 114 cm³/mol. The van der Waals surface area contributed by atoms with E-state index in [-0.39, 0.29) is 29.1 Å². The molecule has 0 spiro atoms. The first-order chi connectivity index (χ1) is 13.6. The molecule has 29 heavy (non-hydrogen) atoms. The Balaban J connectivity index is 1.59. The summed E-state index contributed by atoms with van der Waals surface area (Å²) in [5.74, 6) is 3.59. The second-order valence-electron chi connectivity index (χ2n) is 11.2. The fraction of sp³-hybridized carbons (Fsp3) is 0.920. The van der Waals surface area contributed by atoms with Crippen LogP contribution in [0.4, 0.5) is 0 Å². The predicted octanol–water partition coefficient (Wildman–Crippen LogP) is 4.85. The Labute approximate surface area is 177 Å². The lowest BCUT2D eigenvalue weighted by molar-refractivity contribution is -0.163. The highest BCUT2D eigenvalue weighted by Crippen LogP contribution is 2.65. The largest absolute Gasteiger partial charge is 0.462 e. The van der Waals surface area contributed by atoms with Gasteiger partial charge in [-0.25, -0.2) is 0 Å². The van der Waals surface area contributed by atoms with Crippen LogP contribution < -0.4 is 0 Å². The Bertz CT molecular complexity index is 677. The van der Waals surface area contributed by atoms with Gasteiger partial charge in [-0.1, -0.05) is 20.8 Å². The molecular weight excluding hydrogens is 362 g/mol.